The van der Waals surface area contributed by atoms with Crippen LogP contribution in [0.1, 0.15) is 12.0 Å². The van der Waals surface area contributed by atoms with Crippen LogP contribution in [0.25, 0.3) is 0 Å². The molecule has 1 saturated heterocycles. The topological polar surface area (TPSA) is 111 Å². The number of hydrogen-bond acceptors (Lipinski definition) is 6. The van der Waals surface area contributed by atoms with Gasteiger partial charge in [-0.3, -0.25) is 9.59 Å². The van der Waals surface area contributed by atoms with Crippen molar-refractivity contribution in [1.29, 1.82) is 0 Å². The van der Waals surface area contributed by atoms with Gasteiger partial charge < -0.3 is 15.5 Å². The first-order valence-electron chi connectivity index (χ1n) is 5.74. The Balaban J connectivity index is 2.05. The van der Waals surface area contributed by atoms with E-state index in [1.165, 1.54) is 24.4 Å². The molecule has 0 saturated carbocycles. The fraction of sp³-hybridized carbons (Fsp3) is 0.167. The van der Waals surface area contributed by atoms with Gasteiger partial charge in [0.15, 0.2) is 5.17 Å². The number of carbonyl (C=O) groups excluding carboxylic acids is 1. The number of halogens is 1. The molecule has 1 unspecified atom stereocenters. The Hall–Kier alpha value is -2.06. The Morgan fingerprint density at radius 3 is 3.00 bits per heavy atom. The maximum atomic E-state index is 11.5. The smallest absolute Gasteiger partial charge is 0.305 e. The molecule has 1 aliphatic heterocycles. The average molecular weight is 328 g/mol. The van der Waals surface area contributed by atoms with Crippen molar-refractivity contribution in [3.63, 3.8) is 0 Å². The molecule has 1 amide bonds. The molecular formula is C12H10ClN3O4S. The van der Waals surface area contributed by atoms with Gasteiger partial charge in [-0.2, -0.15) is 5.10 Å². The van der Waals surface area contributed by atoms with Gasteiger partial charge in [0.2, 0.25) is 5.91 Å². The molecule has 21 heavy (non-hydrogen) atoms. The molecule has 9 heteroatoms. The molecule has 1 aromatic carbocycles. The van der Waals surface area contributed by atoms with Crippen molar-refractivity contribution in [1.82, 2.24) is 5.32 Å². The third-order valence-corrected chi connectivity index (χ3v) is 3.78. The first-order chi connectivity index (χ1) is 9.95. The number of hydrogen-bond donors (Lipinski definition) is 3. The van der Waals surface area contributed by atoms with Crippen molar-refractivity contribution >= 4 is 46.6 Å². The monoisotopic (exact) mass is 327 g/mol. The molecule has 1 aliphatic rings. The molecule has 2 rings (SSSR count). The molecule has 1 atom stereocenters. The first kappa shape index (κ1) is 15.3. The fourth-order valence-electron chi connectivity index (χ4n) is 1.52. The number of amides is 1. The van der Waals surface area contributed by atoms with Crippen LogP contribution in [0.5, 0.6) is 5.75 Å². The van der Waals surface area contributed by atoms with Gasteiger partial charge in [0.25, 0.3) is 0 Å². The SMILES string of the molecule is O=C(O)CC1S/C(=N/N=C/c2cc(Cl)ccc2O)NC1=O. The lowest BCUT2D eigenvalue weighted by Gasteiger charge is -1.98. The standard InChI is InChI=1S/C12H10ClN3O4S/c13-7-1-2-8(17)6(3-7)5-14-16-12-15-11(20)9(21-12)4-10(18)19/h1-3,5,9,17H,4H2,(H,18,19)(H,15,16,20)/b14-5+. The number of aromatic hydroxyl groups is 1. The Labute approximate surface area is 128 Å². The van der Waals surface area contributed by atoms with E-state index in [0.717, 1.165) is 11.8 Å². The van der Waals surface area contributed by atoms with E-state index in [9.17, 15) is 14.7 Å². The number of carboxylic acid groups (broad SMARTS) is 1. The zero-order valence-corrected chi connectivity index (χ0v) is 12.1. The van der Waals surface area contributed by atoms with Crippen LogP contribution >= 0.6 is 23.4 Å². The minimum absolute atomic E-state index is 0.00443. The summed E-state index contributed by atoms with van der Waals surface area (Å²) in [5.41, 5.74) is 0.378. The third-order valence-electron chi connectivity index (χ3n) is 2.47. The highest BCUT2D eigenvalue weighted by molar-refractivity contribution is 8.15. The highest BCUT2D eigenvalue weighted by Gasteiger charge is 2.32. The van der Waals surface area contributed by atoms with E-state index >= 15 is 0 Å². The van der Waals surface area contributed by atoms with Crippen LogP contribution in [-0.4, -0.2) is 38.7 Å². The maximum absolute atomic E-state index is 11.5. The van der Waals surface area contributed by atoms with Gasteiger partial charge in [-0.1, -0.05) is 23.4 Å². The number of nitrogens with one attached hydrogen (secondary N) is 1. The largest absolute Gasteiger partial charge is 0.507 e. The summed E-state index contributed by atoms with van der Waals surface area (Å²) in [5.74, 6) is -1.48. The summed E-state index contributed by atoms with van der Waals surface area (Å²) in [6.45, 7) is 0. The highest BCUT2D eigenvalue weighted by atomic mass is 35.5. The van der Waals surface area contributed by atoms with E-state index in [4.69, 9.17) is 16.7 Å². The molecule has 0 spiro atoms. The summed E-state index contributed by atoms with van der Waals surface area (Å²) < 4.78 is 0. The molecule has 7 nitrogen and oxygen atoms in total. The number of benzene rings is 1. The fourth-order valence-corrected chi connectivity index (χ4v) is 2.61. The van der Waals surface area contributed by atoms with Gasteiger partial charge in [0, 0.05) is 10.6 Å². The van der Waals surface area contributed by atoms with E-state index in [2.05, 4.69) is 15.5 Å². The highest BCUT2D eigenvalue weighted by Crippen LogP contribution is 2.23. The van der Waals surface area contributed by atoms with Gasteiger partial charge in [0.05, 0.1) is 12.6 Å². The summed E-state index contributed by atoms with van der Waals surface area (Å²) >= 11 is 6.78. The maximum Gasteiger partial charge on any atom is 0.305 e. The second-order valence-corrected chi connectivity index (χ2v) is 5.67. The lowest BCUT2D eigenvalue weighted by atomic mass is 10.2. The van der Waals surface area contributed by atoms with Crippen molar-refractivity contribution in [2.24, 2.45) is 10.2 Å². The predicted molar refractivity (Wildman–Crippen MR) is 79.9 cm³/mol. The minimum atomic E-state index is -1.06. The Bertz CT molecular complexity index is 647. The van der Waals surface area contributed by atoms with Crippen LogP contribution in [0.3, 0.4) is 0 Å². The van der Waals surface area contributed by atoms with E-state index in [1.807, 2.05) is 0 Å². The number of carboxylic acids is 1. The van der Waals surface area contributed by atoms with Crippen LogP contribution < -0.4 is 5.32 Å². The van der Waals surface area contributed by atoms with E-state index in [1.54, 1.807) is 0 Å². The Kier molecular flexibility index (Phi) is 4.81. The third kappa shape index (κ3) is 4.20. The quantitative estimate of drug-likeness (QED) is 0.572. The summed E-state index contributed by atoms with van der Waals surface area (Å²) in [5, 5.41) is 28.1. The normalized spacial score (nSPS) is 20.1. The number of phenolic OH excluding ortho intramolecular Hbond substituents is 1. The van der Waals surface area contributed by atoms with Gasteiger partial charge >= 0.3 is 5.97 Å². The van der Waals surface area contributed by atoms with E-state index in [0.29, 0.717) is 10.6 Å². The summed E-state index contributed by atoms with van der Waals surface area (Å²) in [7, 11) is 0. The van der Waals surface area contributed by atoms with Crippen molar-refractivity contribution in [2.45, 2.75) is 11.7 Å². The minimum Gasteiger partial charge on any atom is -0.507 e. The second-order valence-electron chi connectivity index (χ2n) is 4.05. The zero-order valence-electron chi connectivity index (χ0n) is 10.5. The van der Waals surface area contributed by atoms with E-state index in [-0.39, 0.29) is 17.3 Å². The van der Waals surface area contributed by atoms with Gasteiger partial charge in [0.1, 0.15) is 11.0 Å². The lowest BCUT2D eigenvalue weighted by molar-refractivity contribution is -0.138. The number of aliphatic carboxylic acids is 1. The van der Waals surface area contributed by atoms with Crippen LogP contribution in [0.2, 0.25) is 5.02 Å². The van der Waals surface area contributed by atoms with E-state index < -0.39 is 17.1 Å². The van der Waals surface area contributed by atoms with Crippen LogP contribution in [0.4, 0.5) is 0 Å². The zero-order chi connectivity index (χ0) is 15.4. The molecule has 0 aliphatic carbocycles. The van der Waals surface area contributed by atoms with Crippen molar-refractivity contribution in [3.05, 3.63) is 28.8 Å². The van der Waals surface area contributed by atoms with Gasteiger partial charge in [-0.15, -0.1) is 5.10 Å². The van der Waals surface area contributed by atoms with Crippen LogP contribution in [0.15, 0.2) is 28.4 Å². The van der Waals surface area contributed by atoms with Crippen LogP contribution in [0, 0.1) is 0 Å². The number of amidine groups is 1. The average Bonchev–Trinajstić information content (AvgIpc) is 2.73. The van der Waals surface area contributed by atoms with Crippen molar-refractivity contribution in [3.8, 4) is 5.75 Å². The molecule has 110 valence electrons. The van der Waals surface area contributed by atoms with Gasteiger partial charge in [-0.05, 0) is 18.2 Å². The second kappa shape index (κ2) is 6.59. The summed E-state index contributed by atoms with van der Waals surface area (Å²) in [6.07, 6.45) is 1.000. The summed E-state index contributed by atoms with van der Waals surface area (Å²) in [6, 6.07) is 4.46. The molecular weight excluding hydrogens is 318 g/mol. The molecule has 0 aromatic heterocycles. The van der Waals surface area contributed by atoms with Crippen LogP contribution in [-0.2, 0) is 9.59 Å². The lowest BCUT2D eigenvalue weighted by Crippen LogP contribution is -2.26. The Morgan fingerprint density at radius 1 is 1.52 bits per heavy atom. The predicted octanol–water partition coefficient (Wildman–Crippen LogP) is 1.44. The van der Waals surface area contributed by atoms with Crippen molar-refractivity contribution in [2.75, 3.05) is 0 Å². The summed E-state index contributed by atoms with van der Waals surface area (Å²) in [4.78, 5) is 22.0. The molecule has 0 radical (unpaired) electrons. The Morgan fingerprint density at radius 2 is 2.29 bits per heavy atom. The molecule has 1 heterocycles. The molecule has 1 aromatic rings. The number of rotatable bonds is 4. The first-order valence-corrected chi connectivity index (χ1v) is 7.00. The molecule has 1 fully saturated rings. The van der Waals surface area contributed by atoms with Crippen molar-refractivity contribution < 1.29 is 19.8 Å². The molecule has 0 bridgehead atoms. The number of thioether (sulfide) groups is 1. The number of nitrogens with zero attached hydrogens (tertiary/aromatic N) is 2. The number of phenols is 1. The number of carbonyl (C=O) groups is 2. The van der Waals surface area contributed by atoms with Gasteiger partial charge in [-0.25, -0.2) is 0 Å². The molecule has 3 N–H and O–H groups in total.